The number of hydrazone groups is 1. The Morgan fingerprint density at radius 3 is 2.68 bits per heavy atom. The van der Waals surface area contributed by atoms with Gasteiger partial charge in [-0.25, -0.2) is 5.43 Å². The molecule has 1 amide bonds. The number of carbonyl (C=O) groups excluding carboxylic acids is 1. The normalized spacial score (nSPS) is 11.9. The van der Waals surface area contributed by atoms with Crippen LogP contribution in [0.3, 0.4) is 0 Å². The molecular formula is C16H14BrN3O5. The molecule has 0 fully saturated rings. The summed E-state index contributed by atoms with van der Waals surface area (Å²) >= 11 is 3.27. The van der Waals surface area contributed by atoms with E-state index in [0.29, 0.717) is 11.3 Å². The van der Waals surface area contributed by atoms with E-state index in [1.54, 1.807) is 12.1 Å². The van der Waals surface area contributed by atoms with Crippen molar-refractivity contribution < 1.29 is 19.6 Å². The zero-order valence-corrected chi connectivity index (χ0v) is 14.6. The minimum atomic E-state index is -0.866. The van der Waals surface area contributed by atoms with Gasteiger partial charge in [-0.3, -0.25) is 14.9 Å². The molecule has 130 valence electrons. The first kappa shape index (κ1) is 18.4. The van der Waals surface area contributed by atoms with Gasteiger partial charge in [-0.2, -0.15) is 5.10 Å². The van der Waals surface area contributed by atoms with Gasteiger partial charge in [0.2, 0.25) is 0 Å². The van der Waals surface area contributed by atoms with Gasteiger partial charge in [0, 0.05) is 22.2 Å². The van der Waals surface area contributed by atoms with Crippen molar-refractivity contribution in [1.29, 1.82) is 0 Å². The standard InChI is InChI=1S/C16H14BrN3O5/c1-10(25-14-5-3-13(4-6-14)20(23)24)16(22)19-18-9-11-8-12(17)2-7-15(11)21/h2-10,21H,1H3,(H,19,22)/b18-9-/t10-/m1/s1. The van der Waals surface area contributed by atoms with E-state index in [4.69, 9.17) is 4.74 Å². The Hall–Kier alpha value is -2.94. The summed E-state index contributed by atoms with van der Waals surface area (Å²) < 4.78 is 6.15. The first-order chi connectivity index (χ1) is 11.9. The van der Waals surface area contributed by atoms with Gasteiger partial charge in [-0.1, -0.05) is 15.9 Å². The first-order valence-corrected chi connectivity index (χ1v) is 7.88. The molecule has 0 aliphatic rings. The summed E-state index contributed by atoms with van der Waals surface area (Å²) in [5.74, 6) is -0.165. The summed E-state index contributed by atoms with van der Waals surface area (Å²) in [6, 6.07) is 10.2. The van der Waals surface area contributed by atoms with Crippen molar-refractivity contribution in [1.82, 2.24) is 5.43 Å². The van der Waals surface area contributed by atoms with E-state index in [-0.39, 0.29) is 11.4 Å². The van der Waals surface area contributed by atoms with Gasteiger partial charge in [0.1, 0.15) is 11.5 Å². The number of amides is 1. The quantitative estimate of drug-likeness (QED) is 0.433. The van der Waals surface area contributed by atoms with E-state index in [9.17, 15) is 20.0 Å². The van der Waals surface area contributed by atoms with E-state index in [0.717, 1.165) is 4.47 Å². The smallest absolute Gasteiger partial charge is 0.280 e. The number of phenolic OH excluding ortho intramolecular Hbond substituents is 1. The van der Waals surface area contributed by atoms with Crippen LogP contribution in [0, 0.1) is 10.1 Å². The summed E-state index contributed by atoms with van der Waals surface area (Å²) in [5.41, 5.74) is 2.66. The lowest BCUT2D eigenvalue weighted by Crippen LogP contribution is -2.33. The van der Waals surface area contributed by atoms with Gasteiger partial charge in [0.15, 0.2) is 6.10 Å². The number of benzene rings is 2. The predicted molar refractivity (Wildman–Crippen MR) is 94.7 cm³/mol. The van der Waals surface area contributed by atoms with Crippen molar-refractivity contribution in [3.05, 3.63) is 62.6 Å². The van der Waals surface area contributed by atoms with Crippen LogP contribution in [0.2, 0.25) is 0 Å². The number of phenols is 1. The number of nitrogens with zero attached hydrogens (tertiary/aromatic N) is 2. The molecule has 2 aromatic rings. The maximum atomic E-state index is 11.9. The lowest BCUT2D eigenvalue weighted by Gasteiger charge is -2.12. The fraction of sp³-hybridized carbons (Fsp3) is 0.125. The molecule has 0 aromatic heterocycles. The Labute approximate surface area is 151 Å². The zero-order valence-electron chi connectivity index (χ0n) is 13.0. The monoisotopic (exact) mass is 407 g/mol. The second-order valence-electron chi connectivity index (χ2n) is 4.95. The van der Waals surface area contributed by atoms with E-state index < -0.39 is 16.9 Å². The second kappa shape index (κ2) is 8.25. The van der Waals surface area contributed by atoms with Crippen molar-refractivity contribution in [2.75, 3.05) is 0 Å². The van der Waals surface area contributed by atoms with E-state index in [2.05, 4.69) is 26.5 Å². The number of halogens is 1. The Bertz CT molecular complexity index is 808. The van der Waals surface area contributed by atoms with Crippen molar-refractivity contribution in [3.63, 3.8) is 0 Å². The molecule has 2 N–H and O–H groups in total. The Balaban J connectivity index is 1.92. The van der Waals surface area contributed by atoms with Gasteiger partial charge < -0.3 is 9.84 Å². The summed E-state index contributed by atoms with van der Waals surface area (Å²) in [7, 11) is 0. The summed E-state index contributed by atoms with van der Waals surface area (Å²) in [6.45, 7) is 1.52. The Morgan fingerprint density at radius 1 is 1.36 bits per heavy atom. The molecule has 0 aliphatic carbocycles. The maximum Gasteiger partial charge on any atom is 0.280 e. The van der Waals surface area contributed by atoms with Crippen LogP contribution in [-0.4, -0.2) is 28.3 Å². The largest absolute Gasteiger partial charge is 0.507 e. The van der Waals surface area contributed by atoms with Crippen LogP contribution >= 0.6 is 15.9 Å². The number of ether oxygens (including phenoxy) is 1. The highest BCUT2D eigenvalue weighted by atomic mass is 79.9. The minimum absolute atomic E-state index is 0.0244. The van der Waals surface area contributed by atoms with Gasteiger partial charge in [-0.05, 0) is 37.3 Å². The van der Waals surface area contributed by atoms with Gasteiger partial charge >= 0.3 is 0 Å². The van der Waals surface area contributed by atoms with Crippen LogP contribution in [0.5, 0.6) is 11.5 Å². The van der Waals surface area contributed by atoms with Crippen LogP contribution in [0.25, 0.3) is 0 Å². The number of aromatic hydroxyl groups is 1. The molecule has 1 atom stereocenters. The van der Waals surface area contributed by atoms with Crippen molar-refractivity contribution in [3.8, 4) is 11.5 Å². The average molecular weight is 408 g/mol. The predicted octanol–water partition coefficient (Wildman–Crippen LogP) is 2.98. The molecular weight excluding hydrogens is 394 g/mol. The molecule has 0 bridgehead atoms. The third-order valence-corrected chi connectivity index (χ3v) is 3.59. The summed E-state index contributed by atoms with van der Waals surface area (Å²) in [5, 5.41) is 24.0. The molecule has 0 radical (unpaired) electrons. The molecule has 0 unspecified atom stereocenters. The lowest BCUT2D eigenvalue weighted by molar-refractivity contribution is -0.384. The van der Waals surface area contributed by atoms with Gasteiger partial charge in [-0.15, -0.1) is 0 Å². The highest BCUT2D eigenvalue weighted by Gasteiger charge is 2.14. The number of nitro groups is 1. The van der Waals surface area contributed by atoms with E-state index >= 15 is 0 Å². The summed E-state index contributed by atoms with van der Waals surface area (Å²) in [6.07, 6.45) is 0.436. The van der Waals surface area contributed by atoms with Crippen molar-refractivity contribution in [2.45, 2.75) is 13.0 Å². The molecule has 0 heterocycles. The minimum Gasteiger partial charge on any atom is -0.507 e. The highest BCUT2D eigenvalue weighted by Crippen LogP contribution is 2.20. The zero-order chi connectivity index (χ0) is 18.4. The Kier molecular flexibility index (Phi) is 6.07. The second-order valence-corrected chi connectivity index (χ2v) is 5.86. The lowest BCUT2D eigenvalue weighted by atomic mass is 10.2. The van der Waals surface area contributed by atoms with Crippen molar-refractivity contribution in [2.24, 2.45) is 5.10 Å². The number of nitrogens with one attached hydrogen (secondary N) is 1. The van der Waals surface area contributed by atoms with Crippen LogP contribution in [0.4, 0.5) is 5.69 Å². The fourth-order valence-corrected chi connectivity index (χ4v) is 2.17. The van der Waals surface area contributed by atoms with Crippen LogP contribution in [0.15, 0.2) is 52.0 Å². The third-order valence-electron chi connectivity index (χ3n) is 3.10. The molecule has 0 spiro atoms. The molecule has 0 saturated heterocycles. The third kappa shape index (κ3) is 5.28. The molecule has 8 nitrogen and oxygen atoms in total. The SMILES string of the molecule is C[C@@H](Oc1ccc([N+](=O)[O-])cc1)C(=O)N/N=C\c1cc(Br)ccc1O. The first-order valence-electron chi connectivity index (χ1n) is 7.09. The van der Waals surface area contributed by atoms with E-state index in [1.165, 1.54) is 43.5 Å². The molecule has 2 aromatic carbocycles. The average Bonchev–Trinajstić information content (AvgIpc) is 2.58. The highest BCUT2D eigenvalue weighted by molar-refractivity contribution is 9.10. The van der Waals surface area contributed by atoms with Crippen molar-refractivity contribution >= 4 is 33.7 Å². The van der Waals surface area contributed by atoms with Gasteiger partial charge in [0.25, 0.3) is 11.6 Å². The van der Waals surface area contributed by atoms with Gasteiger partial charge in [0.05, 0.1) is 11.1 Å². The Morgan fingerprint density at radius 2 is 2.04 bits per heavy atom. The fourth-order valence-electron chi connectivity index (χ4n) is 1.79. The van der Waals surface area contributed by atoms with E-state index in [1.807, 2.05) is 0 Å². The number of rotatable bonds is 6. The topological polar surface area (TPSA) is 114 Å². The number of hydrogen-bond acceptors (Lipinski definition) is 6. The number of non-ortho nitro benzene ring substituents is 1. The number of carbonyl (C=O) groups is 1. The molecule has 0 saturated carbocycles. The molecule has 0 aliphatic heterocycles. The van der Waals surface area contributed by atoms with Crippen LogP contribution < -0.4 is 10.2 Å². The van der Waals surface area contributed by atoms with Crippen LogP contribution in [0.1, 0.15) is 12.5 Å². The molecule has 2 rings (SSSR count). The molecule has 9 heteroatoms. The molecule has 25 heavy (non-hydrogen) atoms. The number of hydrogen-bond donors (Lipinski definition) is 2. The maximum absolute atomic E-state index is 11.9. The summed E-state index contributed by atoms with van der Waals surface area (Å²) in [4.78, 5) is 22.0. The number of nitro benzene ring substituents is 1. The van der Waals surface area contributed by atoms with Crippen LogP contribution in [-0.2, 0) is 4.79 Å².